The van der Waals surface area contributed by atoms with Crippen LogP contribution in [0.25, 0.3) is 5.69 Å². The van der Waals surface area contributed by atoms with E-state index >= 15 is 0 Å². The second kappa shape index (κ2) is 8.37. The number of rotatable bonds is 5. The highest BCUT2D eigenvalue weighted by atomic mass is 19.4. The number of imidazole rings is 1. The number of hydrogen-bond donors (Lipinski definition) is 3. The molecule has 0 spiro atoms. The summed E-state index contributed by atoms with van der Waals surface area (Å²) in [5, 5.41) is 2.53. The molecule has 0 saturated carbocycles. The molecule has 156 valence electrons. The number of halogens is 3. The normalized spacial score (nSPS) is 11.7. The van der Waals surface area contributed by atoms with Gasteiger partial charge in [0.1, 0.15) is 6.34 Å². The number of nitrogens with one attached hydrogen (secondary N) is 2. The number of aromatic nitrogens is 2. The van der Waals surface area contributed by atoms with E-state index in [-0.39, 0.29) is 16.9 Å². The second-order valence-electron chi connectivity index (χ2n) is 6.57. The van der Waals surface area contributed by atoms with Crippen LogP contribution in [0.3, 0.4) is 0 Å². The van der Waals surface area contributed by atoms with Gasteiger partial charge in [-0.25, -0.2) is 15.8 Å². The van der Waals surface area contributed by atoms with Crippen LogP contribution in [0.5, 0.6) is 0 Å². The van der Waals surface area contributed by atoms with Gasteiger partial charge in [0.05, 0.1) is 23.3 Å². The Morgan fingerprint density at radius 1 is 1.20 bits per heavy atom. The molecule has 30 heavy (non-hydrogen) atoms. The molecule has 10 heteroatoms. The van der Waals surface area contributed by atoms with Crippen LogP contribution in [0.2, 0.25) is 0 Å². The first-order chi connectivity index (χ1) is 14.2. The van der Waals surface area contributed by atoms with Crippen molar-refractivity contribution in [2.75, 3.05) is 5.32 Å². The number of hydrazine groups is 1. The summed E-state index contributed by atoms with van der Waals surface area (Å²) in [6.45, 7) is 3.53. The fraction of sp³-hybridized carbons (Fsp3) is 0.150. The molecule has 3 aromatic rings. The Balaban J connectivity index is 1.96. The first-order valence-corrected chi connectivity index (χ1v) is 8.81. The molecule has 7 nitrogen and oxygen atoms in total. The Bertz CT molecular complexity index is 1100. The summed E-state index contributed by atoms with van der Waals surface area (Å²) in [6.07, 6.45) is -0.314. The fourth-order valence-electron chi connectivity index (χ4n) is 2.76. The van der Waals surface area contributed by atoms with Gasteiger partial charge >= 0.3 is 6.18 Å². The minimum atomic E-state index is -4.58. The topological polar surface area (TPSA) is 97.3 Å². The number of aliphatic imine (C=N–C) groups is 1. The van der Waals surface area contributed by atoms with Crippen molar-refractivity contribution < 1.29 is 18.0 Å². The number of amides is 1. The van der Waals surface area contributed by atoms with E-state index in [0.29, 0.717) is 11.4 Å². The second-order valence-corrected chi connectivity index (χ2v) is 6.57. The van der Waals surface area contributed by atoms with Gasteiger partial charge in [-0.05, 0) is 49.7 Å². The third-order valence-corrected chi connectivity index (χ3v) is 4.26. The number of aryl methyl sites for hydroxylation is 2. The van der Waals surface area contributed by atoms with Crippen molar-refractivity contribution in [2.45, 2.75) is 20.0 Å². The Morgan fingerprint density at radius 2 is 1.97 bits per heavy atom. The standard InChI is InChI=1S/C20H19F3N6O/c1-12-3-4-14(5-18(12)25-10-27-24)19(30)28-16-6-15(20(21,22)23)7-17(8-16)29-9-13(2)26-11-29/h3-11H,24H2,1-2H3,(H,25,27)(H,28,30). The highest BCUT2D eigenvalue weighted by molar-refractivity contribution is 6.05. The molecule has 3 rings (SSSR count). The zero-order valence-corrected chi connectivity index (χ0v) is 16.2. The van der Waals surface area contributed by atoms with Crippen LogP contribution in [0.1, 0.15) is 27.2 Å². The number of nitrogens with two attached hydrogens (primary N) is 1. The van der Waals surface area contributed by atoms with Crippen molar-refractivity contribution in [2.24, 2.45) is 10.8 Å². The minimum absolute atomic E-state index is 0.00503. The molecule has 0 atom stereocenters. The lowest BCUT2D eigenvalue weighted by Gasteiger charge is -2.14. The summed E-state index contributed by atoms with van der Waals surface area (Å²) < 4.78 is 41.6. The van der Waals surface area contributed by atoms with Crippen molar-refractivity contribution in [3.63, 3.8) is 0 Å². The Hall–Kier alpha value is -3.66. The monoisotopic (exact) mass is 416 g/mol. The van der Waals surface area contributed by atoms with Crippen LogP contribution in [0.4, 0.5) is 24.5 Å². The van der Waals surface area contributed by atoms with Gasteiger partial charge in [0, 0.05) is 23.1 Å². The molecule has 0 bridgehead atoms. The quantitative estimate of drug-likeness (QED) is 0.254. The molecule has 2 aromatic carbocycles. The van der Waals surface area contributed by atoms with Gasteiger partial charge in [0.15, 0.2) is 0 Å². The summed E-state index contributed by atoms with van der Waals surface area (Å²) >= 11 is 0. The molecule has 1 aromatic heterocycles. The first-order valence-electron chi connectivity index (χ1n) is 8.81. The van der Waals surface area contributed by atoms with Gasteiger partial charge in [0.2, 0.25) is 0 Å². The summed E-state index contributed by atoms with van der Waals surface area (Å²) in [5.74, 6) is 4.59. The summed E-state index contributed by atoms with van der Waals surface area (Å²) in [6, 6.07) is 8.09. The summed E-state index contributed by atoms with van der Waals surface area (Å²) in [5.41, 5.74) is 3.81. The Morgan fingerprint density at radius 3 is 2.60 bits per heavy atom. The molecule has 0 aliphatic carbocycles. The molecule has 0 aliphatic heterocycles. The van der Waals surface area contributed by atoms with Gasteiger partial charge in [-0.15, -0.1) is 0 Å². The maximum atomic E-state index is 13.4. The van der Waals surface area contributed by atoms with E-state index in [2.05, 4.69) is 20.7 Å². The van der Waals surface area contributed by atoms with E-state index < -0.39 is 17.6 Å². The van der Waals surface area contributed by atoms with E-state index in [1.807, 2.05) is 0 Å². The predicted octanol–water partition coefficient (Wildman–Crippen LogP) is 3.88. The highest BCUT2D eigenvalue weighted by Gasteiger charge is 2.31. The number of nitrogens with zero attached hydrogens (tertiary/aromatic N) is 3. The molecular weight excluding hydrogens is 397 g/mol. The van der Waals surface area contributed by atoms with Crippen LogP contribution >= 0.6 is 0 Å². The van der Waals surface area contributed by atoms with E-state index in [1.54, 1.807) is 32.2 Å². The molecule has 0 radical (unpaired) electrons. The summed E-state index contributed by atoms with van der Waals surface area (Å²) in [7, 11) is 0. The third-order valence-electron chi connectivity index (χ3n) is 4.26. The van der Waals surface area contributed by atoms with Crippen molar-refractivity contribution in [3.05, 3.63) is 71.3 Å². The fourth-order valence-corrected chi connectivity index (χ4v) is 2.76. The molecule has 0 saturated heterocycles. The number of anilines is 1. The zero-order chi connectivity index (χ0) is 21.9. The number of carbonyl (C=O) groups excluding carboxylic acids is 1. The third kappa shape index (κ3) is 4.84. The van der Waals surface area contributed by atoms with Crippen LogP contribution < -0.4 is 16.6 Å². The van der Waals surface area contributed by atoms with Crippen LogP contribution in [0, 0.1) is 13.8 Å². The van der Waals surface area contributed by atoms with Gasteiger partial charge in [-0.1, -0.05) is 6.07 Å². The van der Waals surface area contributed by atoms with Crippen molar-refractivity contribution in [1.29, 1.82) is 0 Å². The SMILES string of the molecule is Cc1cn(-c2cc(NC(=O)c3ccc(C)c(N=CNN)c3)cc(C(F)(F)F)c2)cn1. The molecular formula is C20H19F3N6O. The van der Waals surface area contributed by atoms with Crippen LogP contribution in [0.15, 0.2) is 53.9 Å². The molecule has 0 aliphatic rings. The molecule has 1 heterocycles. The van der Waals surface area contributed by atoms with Crippen molar-refractivity contribution >= 4 is 23.6 Å². The van der Waals surface area contributed by atoms with Crippen molar-refractivity contribution in [1.82, 2.24) is 15.0 Å². The van der Waals surface area contributed by atoms with Gasteiger partial charge in [0.25, 0.3) is 5.91 Å². The lowest BCUT2D eigenvalue weighted by Crippen LogP contribution is -2.18. The maximum Gasteiger partial charge on any atom is 0.416 e. The van der Waals surface area contributed by atoms with Gasteiger partial charge in [-0.3, -0.25) is 4.79 Å². The van der Waals surface area contributed by atoms with Crippen LogP contribution in [-0.4, -0.2) is 21.8 Å². The Kier molecular flexibility index (Phi) is 5.88. The number of alkyl halides is 3. The average Bonchev–Trinajstić information content (AvgIpc) is 3.13. The minimum Gasteiger partial charge on any atom is -0.322 e. The molecule has 0 unspecified atom stereocenters. The van der Waals surface area contributed by atoms with Crippen molar-refractivity contribution in [3.8, 4) is 5.69 Å². The average molecular weight is 416 g/mol. The van der Waals surface area contributed by atoms with E-state index in [1.165, 1.54) is 29.4 Å². The van der Waals surface area contributed by atoms with Gasteiger partial charge < -0.3 is 15.3 Å². The van der Waals surface area contributed by atoms with E-state index in [4.69, 9.17) is 5.84 Å². The van der Waals surface area contributed by atoms with Gasteiger partial charge in [-0.2, -0.15) is 13.2 Å². The largest absolute Gasteiger partial charge is 0.416 e. The molecule has 1 amide bonds. The number of carbonyl (C=O) groups is 1. The predicted molar refractivity (Wildman–Crippen MR) is 108 cm³/mol. The van der Waals surface area contributed by atoms with E-state index in [9.17, 15) is 18.0 Å². The van der Waals surface area contributed by atoms with E-state index in [0.717, 1.165) is 17.7 Å². The maximum absolute atomic E-state index is 13.4. The molecule has 4 N–H and O–H groups in total. The number of benzene rings is 2. The van der Waals surface area contributed by atoms with Crippen LogP contribution in [-0.2, 0) is 6.18 Å². The Labute approximate surface area is 170 Å². The lowest BCUT2D eigenvalue weighted by atomic mass is 10.1. The number of hydrogen-bond acceptors (Lipinski definition) is 4. The molecule has 0 fully saturated rings. The highest BCUT2D eigenvalue weighted by Crippen LogP contribution is 2.33. The first kappa shape index (κ1) is 21.1. The summed E-state index contributed by atoms with van der Waals surface area (Å²) in [4.78, 5) is 20.8. The lowest BCUT2D eigenvalue weighted by molar-refractivity contribution is -0.137. The zero-order valence-electron chi connectivity index (χ0n) is 16.2. The smallest absolute Gasteiger partial charge is 0.322 e.